The lowest BCUT2D eigenvalue weighted by Gasteiger charge is -2.31. The fourth-order valence-electron chi connectivity index (χ4n) is 3.56. The van der Waals surface area contributed by atoms with Crippen LogP contribution in [0.3, 0.4) is 0 Å². The molecule has 0 radical (unpaired) electrons. The number of rotatable bonds is 3. The minimum Gasteiger partial charge on any atom is -0.369 e. The van der Waals surface area contributed by atoms with Gasteiger partial charge in [0, 0.05) is 13.2 Å². The van der Waals surface area contributed by atoms with Crippen molar-refractivity contribution in [1.29, 1.82) is 0 Å². The molecule has 118 valence electrons. The highest BCUT2D eigenvalue weighted by atomic mass is 15.1. The van der Waals surface area contributed by atoms with Crippen molar-refractivity contribution in [3.05, 3.63) is 88.6 Å². The lowest BCUT2D eigenvalue weighted by Crippen LogP contribution is -2.22. The first-order valence-electron chi connectivity index (χ1n) is 8.37. The highest BCUT2D eigenvalue weighted by Crippen LogP contribution is 2.34. The average molecular weight is 303 g/mol. The fraction of sp³-hybridized carbons (Fsp3) is 0.273. The molecule has 0 amide bonds. The van der Waals surface area contributed by atoms with Crippen molar-refractivity contribution in [1.82, 2.24) is 4.90 Å². The summed E-state index contributed by atoms with van der Waals surface area (Å²) in [5.74, 6) is 0. The number of benzene rings is 2. The van der Waals surface area contributed by atoms with Gasteiger partial charge in [-0.05, 0) is 48.1 Å². The highest BCUT2D eigenvalue weighted by molar-refractivity contribution is 5.75. The highest BCUT2D eigenvalue weighted by Gasteiger charge is 2.21. The molecule has 1 unspecified atom stereocenters. The van der Waals surface area contributed by atoms with Crippen LogP contribution >= 0.6 is 0 Å². The van der Waals surface area contributed by atoms with E-state index in [-0.39, 0.29) is 0 Å². The molecule has 0 saturated heterocycles. The number of likely N-dealkylation sites (N-methyl/N-ethyl adjacent to an activating group) is 1. The predicted octanol–water partition coefficient (Wildman–Crippen LogP) is 5.45. The number of aryl methyl sites for hydroxylation is 3. The van der Waals surface area contributed by atoms with Crippen LogP contribution in [0, 0.1) is 13.8 Å². The quantitative estimate of drug-likeness (QED) is 0.729. The maximum Gasteiger partial charge on any atom is 0.0726 e. The van der Waals surface area contributed by atoms with Crippen molar-refractivity contribution in [3.8, 4) is 0 Å². The molecule has 0 aliphatic carbocycles. The first kappa shape index (κ1) is 15.6. The zero-order chi connectivity index (χ0) is 16.4. The third kappa shape index (κ3) is 3.10. The Hall–Kier alpha value is -2.28. The Labute approximate surface area is 140 Å². The summed E-state index contributed by atoms with van der Waals surface area (Å²) in [6, 6.07) is 15.5. The van der Waals surface area contributed by atoms with E-state index < -0.39 is 0 Å². The van der Waals surface area contributed by atoms with Gasteiger partial charge in [-0.2, -0.15) is 0 Å². The van der Waals surface area contributed by atoms with Crippen LogP contribution in [0.1, 0.15) is 40.8 Å². The van der Waals surface area contributed by atoms with Gasteiger partial charge in [0.1, 0.15) is 0 Å². The molecule has 1 atom stereocenters. The number of hydrogen-bond donors (Lipinski definition) is 0. The Balaban J connectivity index is 1.97. The van der Waals surface area contributed by atoms with Gasteiger partial charge < -0.3 is 4.90 Å². The molecule has 0 spiro atoms. The van der Waals surface area contributed by atoms with E-state index in [1.807, 2.05) is 0 Å². The second kappa shape index (κ2) is 6.45. The normalized spacial score (nSPS) is 17.3. The fourth-order valence-corrected chi connectivity index (χ4v) is 3.56. The minimum atomic E-state index is 0.318. The Morgan fingerprint density at radius 2 is 1.78 bits per heavy atom. The van der Waals surface area contributed by atoms with Crippen LogP contribution in [0.15, 0.2) is 60.8 Å². The molecule has 1 aliphatic heterocycles. The lowest BCUT2D eigenvalue weighted by atomic mass is 9.89. The second-order valence-electron chi connectivity index (χ2n) is 6.43. The molecule has 0 aromatic heterocycles. The Bertz CT molecular complexity index is 753. The SMILES string of the molecule is CCc1cc(C)cc(C)c1C1C=CC(c2ccccc2)=CN1C. The second-order valence-corrected chi connectivity index (χ2v) is 6.43. The summed E-state index contributed by atoms with van der Waals surface area (Å²) >= 11 is 0. The molecule has 0 bridgehead atoms. The monoisotopic (exact) mass is 303 g/mol. The van der Waals surface area contributed by atoms with Gasteiger partial charge in [-0.15, -0.1) is 0 Å². The summed E-state index contributed by atoms with van der Waals surface area (Å²) in [5.41, 5.74) is 8.20. The van der Waals surface area contributed by atoms with Gasteiger partial charge in [0.05, 0.1) is 6.04 Å². The van der Waals surface area contributed by atoms with Crippen LogP contribution in [0.25, 0.3) is 5.57 Å². The predicted molar refractivity (Wildman–Crippen MR) is 99.4 cm³/mol. The van der Waals surface area contributed by atoms with Crippen LogP contribution in [0.2, 0.25) is 0 Å². The molecule has 1 nitrogen and oxygen atoms in total. The maximum absolute atomic E-state index is 2.33. The Morgan fingerprint density at radius 3 is 2.43 bits per heavy atom. The largest absolute Gasteiger partial charge is 0.369 e. The smallest absolute Gasteiger partial charge is 0.0726 e. The molecule has 1 heterocycles. The Morgan fingerprint density at radius 1 is 1.04 bits per heavy atom. The number of allylic oxidation sites excluding steroid dienone is 2. The summed E-state index contributed by atoms with van der Waals surface area (Å²) in [6.45, 7) is 6.67. The van der Waals surface area contributed by atoms with Crippen LogP contribution in [-0.2, 0) is 6.42 Å². The average Bonchev–Trinajstić information content (AvgIpc) is 2.55. The van der Waals surface area contributed by atoms with E-state index >= 15 is 0 Å². The molecule has 0 fully saturated rings. The van der Waals surface area contributed by atoms with E-state index in [2.05, 4.69) is 93.5 Å². The van der Waals surface area contributed by atoms with Gasteiger partial charge >= 0.3 is 0 Å². The van der Waals surface area contributed by atoms with Crippen molar-refractivity contribution in [2.24, 2.45) is 0 Å². The van der Waals surface area contributed by atoms with Crippen LogP contribution in [-0.4, -0.2) is 11.9 Å². The maximum atomic E-state index is 2.33. The zero-order valence-electron chi connectivity index (χ0n) is 14.5. The molecule has 2 aromatic carbocycles. The summed E-state index contributed by atoms with van der Waals surface area (Å²) in [6.07, 6.45) is 7.93. The zero-order valence-corrected chi connectivity index (χ0v) is 14.5. The Kier molecular flexibility index (Phi) is 4.38. The molecule has 1 heteroatoms. The van der Waals surface area contributed by atoms with E-state index in [0.717, 1.165) is 6.42 Å². The minimum absolute atomic E-state index is 0.318. The molecule has 2 aromatic rings. The first-order valence-corrected chi connectivity index (χ1v) is 8.37. The molecule has 1 aliphatic rings. The van der Waals surface area contributed by atoms with Crippen LogP contribution < -0.4 is 0 Å². The van der Waals surface area contributed by atoms with Gasteiger partial charge in [0.25, 0.3) is 0 Å². The number of hydrogen-bond acceptors (Lipinski definition) is 1. The van der Waals surface area contributed by atoms with Crippen molar-refractivity contribution >= 4 is 5.57 Å². The van der Waals surface area contributed by atoms with E-state index in [4.69, 9.17) is 0 Å². The van der Waals surface area contributed by atoms with Crippen molar-refractivity contribution in [3.63, 3.8) is 0 Å². The number of nitrogens with zero attached hydrogens (tertiary/aromatic N) is 1. The van der Waals surface area contributed by atoms with E-state index in [1.54, 1.807) is 0 Å². The standard InChI is InChI=1S/C22H25N/c1-5-18-14-16(2)13-17(3)22(18)21-12-11-20(15-23(21)4)19-9-7-6-8-10-19/h6-15,21H,5H2,1-4H3. The van der Waals surface area contributed by atoms with Gasteiger partial charge in [-0.25, -0.2) is 0 Å². The topological polar surface area (TPSA) is 3.24 Å². The lowest BCUT2D eigenvalue weighted by molar-refractivity contribution is 0.389. The van der Waals surface area contributed by atoms with Gasteiger partial charge in [-0.1, -0.05) is 67.1 Å². The van der Waals surface area contributed by atoms with E-state index in [0.29, 0.717) is 6.04 Å². The summed E-state index contributed by atoms with van der Waals surface area (Å²) < 4.78 is 0. The van der Waals surface area contributed by atoms with Gasteiger partial charge in [0.15, 0.2) is 0 Å². The van der Waals surface area contributed by atoms with E-state index in [9.17, 15) is 0 Å². The molecular weight excluding hydrogens is 278 g/mol. The third-order valence-corrected chi connectivity index (χ3v) is 4.64. The van der Waals surface area contributed by atoms with E-state index in [1.165, 1.54) is 33.4 Å². The summed E-state index contributed by atoms with van der Waals surface area (Å²) in [4.78, 5) is 2.33. The van der Waals surface area contributed by atoms with Gasteiger partial charge in [-0.3, -0.25) is 0 Å². The van der Waals surface area contributed by atoms with Gasteiger partial charge in [0.2, 0.25) is 0 Å². The van der Waals surface area contributed by atoms with Crippen molar-refractivity contribution in [2.45, 2.75) is 33.2 Å². The molecule has 0 saturated carbocycles. The molecular formula is C22H25N. The first-order chi connectivity index (χ1) is 11.1. The summed E-state index contributed by atoms with van der Waals surface area (Å²) in [5, 5.41) is 0. The van der Waals surface area contributed by atoms with Crippen LogP contribution in [0.4, 0.5) is 0 Å². The van der Waals surface area contributed by atoms with Crippen LogP contribution in [0.5, 0.6) is 0 Å². The van der Waals surface area contributed by atoms with Crippen molar-refractivity contribution < 1.29 is 0 Å². The third-order valence-electron chi connectivity index (χ3n) is 4.64. The van der Waals surface area contributed by atoms with Crippen molar-refractivity contribution in [2.75, 3.05) is 7.05 Å². The summed E-state index contributed by atoms with van der Waals surface area (Å²) in [7, 11) is 2.18. The molecule has 23 heavy (non-hydrogen) atoms. The molecule has 3 rings (SSSR count). The molecule has 0 N–H and O–H groups in total.